The molecule has 192 valence electrons. The zero-order valence-corrected chi connectivity index (χ0v) is 21.8. The van der Waals surface area contributed by atoms with Gasteiger partial charge in [0.05, 0.1) is 0 Å². The molecule has 0 spiro atoms. The van der Waals surface area contributed by atoms with E-state index >= 15 is 0 Å². The lowest BCUT2D eigenvalue weighted by Crippen LogP contribution is -2.48. The minimum Gasteiger partial charge on any atom is -0.484 e. The summed E-state index contributed by atoms with van der Waals surface area (Å²) in [6.07, 6.45) is 3.50. The molecule has 37 heavy (non-hydrogen) atoms. The van der Waals surface area contributed by atoms with E-state index in [1.165, 1.54) is 5.56 Å². The van der Waals surface area contributed by atoms with Crippen molar-refractivity contribution in [2.75, 3.05) is 43.0 Å². The first-order valence-corrected chi connectivity index (χ1v) is 12.7. The second kappa shape index (κ2) is 11.8. The Morgan fingerprint density at radius 1 is 0.865 bits per heavy atom. The van der Waals surface area contributed by atoms with Crippen LogP contribution < -0.4 is 15.0 Å². The Morgan fingerprint density at radius 3 is 2.14 bits per heavy atom. The minimum absolute atomic E-state index is 0.0360. The van der Waals surface area contributed by atoms with Crippen LogP contribution in [0.5, 0.6) is 5.75 Å². The SMILES string of the molecule is CC(C)(C)c1ccc(OCC(=O)Nc2ccc(N3CCN(C(=O)/C=C/c4ccccc4)CC3)cc2)cc1. The first-order chi connectivity index (χ1) is 17.8. The van der Waals surface area contributed by atoms with Crippen molar-refractivity contribution in [3.8, 4) is 5.75 Å². The van der Waals surface area contributed by atoms with Crippen molar-refractivity contribution in [3.05, 3.63) is 96.1 Å². The number of amides is 2. The molecular weight excluding hydrogens is 462 g/mol. The Morgan fingerprint density at radius 2 is 1.51 bits per heavy atom. The summed E-state index contributed by atoms with van der Waals surface area (Å²) >= 11 is 0. The monoisotopic (exact) mass is 497 g/mol. The van der Waals surface area contributed by atoms with Crippen molar-refractivity contribution in [1.29, 1.82) is 0 Å². The highest BCUT2D eigenvalue weighted by molar-refractivity contribution is 5.92. The summed E-state index contributed by atoms with van der Waals surface area (Å²) in [6.45, 7) is 9.30. The van der Waals surface area contributed by atoms with Gasteiger partial charge in [0, 0.05) is 43.6 Å². The van der Waals surface area contributed by atoms with Crippen LogP contribution in [-0.4, -0.2) is 49.5 Å². The third-order valence-corrected chi connectivity index (χ3v) is 6.42. The van der Waals surface area contributed by atoms with Gasteiger partial charge in [0.15, 0.2) is 6.61 Å². The van der Waals surface area contributed by atoms with Crippen molar-refractivity contribution in [1.82, 2.24) is 4.90 Å². The normalized spacial score (nSPS) is 14.0. The first kappa shape index (κ1) is 26.0. The Balaban J connectivity index is 1.21. The summed E-state index contributed by atoms with van der Waals surface area (Å²) in [5, 5.41) is 2.88. The number of carbonyl (C=O) groups excluding carboxylic acids is 2. The fourth-order valence-electron chi connectivity index (χ4n) is 4.17. The summed E-state index contributed by atoms with van der Waals surface area (Å²) in [4.78, 5) is 29.0. The molecule has 4 rings (SSSR count). The molecular formula is C31H35N3O3. The Bertz CT molecular complexity index is 1210. The fraction of sp³-hybridized carbons (Fsp3) is 0.290. The lowest BCUT2D eigenvalue weighted by atomic mass is 9.87. The Labute approximate surface area is 219 Å². The van der Waals surface area contributed by atoms with Crippen LogP contribution in [0.4, 0.5) is 11.4 Å². The lowest BCUT2D eigenvalue weighted by molar-refractivity contribution is -0.126. The van der Waals surface area contributed by atoms with Gasteiger partial charge in [-0.25, -0.2) is 0 Å². The summed E-state index contributed by atoms with van der Waals surface area (Å²) in [5.41, 5.74) is 4.10. The van der Waals surface area contributed by atoms with E-state index in [4.69, 9.17) is 4.74 Å². The third-order valence-electron chi connectivity index (χ3n) is 6.42. The molecule has 0 atom stereocenters. The van der Waals surface area contributed by atoms with E-state index in [0.717, 1.165) is 30.0 Å². The number of hydrogen-bond acceptors (Lipinski definition) is 4. The van der Waals surface area contributed by atoms with Gasteiger partial charge in [-0.2, -0.15) is 0 Å². The third kappa shape index (κ3) is 7.46. The predicted octanol–water partition coefficient (Wildman–Crippen LogP) is 5.36. The van der Waals surface area contributed by atoms with Gasteiger partial charge < -0.3 is 19.9 Å². The van der Waals surface area contributed by atoms with Crippen molar-refractivity contribution < 1.29 is 14.3 Å². The number of benzene rings is 3. The Hall–Kier alpha value is -4.06. The van der Waals surface area contributed by atoms with Crippen molar-refractivity contribution in [2.45, 2.75) is 26.2 Å². The average Bonchev–Trinajstić information content (AvgIpc) is 2.91. The molecule has 1 aliphatic heterocycles. The molecule has 6 heteroatoms. The molecule has 1 N–H and O–H groups in total. The number of carbonyl (C=O) groups is 2. The summed E-state index contributed by atoms with van der Waals surface area (Å²) < 4.78 is 5.64. The molecule has 6 nitrogen and oxygen atoms in total. The van der Waals surface area contributed by atoms with E-state index in [2.05, 4.69) is 31.0 Å². The molecule has 0 bridgehead atoms. The van der Waals surface area contributed by atoms with Crippen LogP contribution in [0.25, 0.3) is 6.08 Å². The highest BCUT2D eigenvalue weighted by atomic mass is 16.5. The van der Waals surface area contributed by atoms with E-state index < -0.39 is 0 Å². The molecule has 0 aromatic heterocycles. The standard InChI is InChI=1S/C31H35N3O3/c1-31(2,3)25-10-16-28(17-11-25)37-23-29(35)32-26-12-14-27(15-13-26)33-19-21-34(22-20-33)30(36)18-9-24-7-5-4-6-8-24/h4-18H,19-23H2,1-3H3,(H,32,35)/b18-9+. The first-order valence-electron chi connectivity index (χ1n) is 12.7. The number of hydrogen-bond donors (Lipinski definition) is 1. The number of nitrogens with zero attached hydrogens (tertiary/aromatic N) is 2. The quantitative estimate of drug-likeness (QED) is 0.446. The lowest BCUT2D eigenvalue weighted by Gasteiger charge is -2.35. The maximum absolute atomic E-state index is 12.5. The van der Waals surface area contributed by atoms with Gasteiger partial charge in [0.1, 0.15) is 5.75 Å². The fourth-order valence-corrected chi connectivity index (χ4v) is 4.17. The van der Waals surface area contributed by atoms with E-state index in [1.54, 1.807) is 6.08 Å². The highest BCUT2D eigenvalue weighted by Crippen LogP contribution is 2.24. The van der Waals surface area contributed by atoms with Gasteiger partial charge in [-0.15, -0.1) is 0 Å². The van der Waals surface area contributed by atoms with Crippen LogP contribution in [0.2, 0.25) is 0 Å². The zero-order chi connectivity index (χ0) is 26.3. The molecule has 1 saturated heterocycles. The van der Waals surface area contributed by atoms with Crippen LogP contribution in [0.15, 0.2) is 84.9 Å². The van der Waals surface area contributed by atoms with E-state index in [9.17, 15) is 9.59 Å². The van der Waals surface area contributed by atoms with E-state index in [-0.39, 0.29) is 23.8 Å². The largest absolute Gasteiger partial charge is 0.484 e. The maximum Gasteiger partial charge on any atom is 0.262 e. The topological polar surface area (TPSA) is 61.9 Å². The number of nitrogens with one attached hydrogen (secondary N) is 1. The van der Waals surface area contributed by atoms with Crippen LogP contribution in [0, 0.1) is 0 Å². The van der Waals surface area contributed by atoms with Gasteiger partial charge in [-0.3, -0.25) is 9.59 Å². The van der Waals surface area contributed by atoms with Crippen molar-refractivity contribution >= 4 is 29.3 Å². The number of piperazine rings is 1. The van der Waals surface area contributed by atoms with Gasteiger partial charge in [-0.05, 0) is 59.0 Å². The molecule has 0 radical (unpaired) electrons. The predicted molar refractivity (Wildman–Crippen MR) is 150 cm³/mol. The van der Waals surface area contributed by atoms with Crippen LogP contribution >= 0.6 is 0 Å². The molecule has 0 unspecified atom stereocenters. The maximum atomic E-state index is 12.5. The molecule has 2 amide bonds. The van der Waals surface area contributed by atoms with Crippen LogP contribution in [0.3, 0.4) is 0 Å². The molecule has 0 saturated carbocycles. The second-order valence-electron chi connectivity index (χ2n) is 10.2. The van der Waals surface area contributed by atoms with Crippen molar-refractivity contribution in [3.63, 3.8) is 0 Å². The molecule has 1 fully saturated rings. The van der Waals surface area contributed by atoms with E-state index in [1.807, 2.05) is 89.8 Å². The number of anilines is 2. The van der Waals surface area contributed by atoms with Gasteiger partial charge in [0.25, 0.3) is 5.91 Å². The minimum atomic E-state index is -0.205. The summed E-state index contributed by atoms with van der Waals surface area (Å²) in [5.74, 6) is 0.504. The Kier molecular flexibility index (Phi) is 8.29. The molecule has 3 aromatic rings. The van der Waals surface area contributed by atoms with Crippen molar-refractivity contribution in [2.24, 2.45) is 0 Å². The molecule has 1 aliphatic rings. The van der Waals surface area contributed by atoms with Crippen LogP contribution in [0.1, 0.15) is 31.9 Å². The molecule has 0 aliphatic carbocycles. The average molecular weight is 498 g/mol. The number of rotatable bonds is 7. The highest BCUT2D eigenvalue weighted by Gasteiger charge is 2.20. The second-order valence-corrected chi connectivity index (χ2v) is 10.2. The van der Waals surface area contributed by atoms with E-state index in [0.29, 0.717) is 18.8 Å². The van der Waals surface area contributed by atoms with Gasteiger partial charge in [-0.1, -0.05) is 63.2 Å². The van der Waals surface area contributed by atoms with Crippen LogP contribution in [-0.2, 0) is 15.0 Å². The molecule has 1 heterocycles. The summed E-state index contributed by atoms with van der Waals surface area (Å²) in [6, 6.07) is 25.5. The summed E-state index contributed by atoms with van der Waals surface area (Å²) in [7, 11) is 0. The van der Waals surface area contributed by atoms with Gasteiger partial charge in [0.2, 0.25) is 5.91 Å². The molecule has 3 aromatic carbocycles. The number of ether oxygens (including phenoxy) is 1. The smallest absolute Gasteiger partial charge is 0.262 e. The van der Waals surface area contributed by atoms with Gasteiger partial charge >= 0.3 is 0 Å². The zero-order valence-electron chi connectivity index (χ0n) is 21.8.